The second-order valence-corrected chi connectivity index (χ2v) is 8.55. The zero-order valence-corrected chi connectivity index (χ0v) is 19.0. The van der Waals surface area contributed by atoms with E-state index in [-0.39, 0.29) is 6.10 Å². The summed E-state index contributed by atoms with van der Waals surface area (Å²) in [5, 5.41) is 7.05. The molecule has 2 N–H and O–H groups in total. The van der Waals surface area contributed by atoms with Crippen LogP contribution in [0.25, 0.3) is 0 Å². The second kappa shape index (κ2) is 12.0. The fourth-order valence-corrected chi connectivity index (χ4v) is 4.56. The fourth-order valence-electron chi connectivity index (χ4n) is 4.56. The second-order valence-electron chi connectivity index (χ2n) is 8.55. The van der Waals surface area contributed by atoms with Gasteiger partial charge in [0.25, 0.3) is 0 Å². The highest BCUT2D eigenvalue weighted by Crippen LogP contribution is 2.27. The van der Waals surface area contributed by atoms with Crippen molar-refractivity contribution in [2.24, 2.45) is 4.99 Å². The summed E-state index contributed by atoms with van der Waals surface area (Å²) in [6.07, 6.45) is 9.38. The molecule has 1 unspecified atom stereocenters. The summed E-state index contributed by atoms with van der Waals surface area (Å²) in [5.41, 5.74) is 0. The van der Waals surface area contributed by atoms with Gasteiger partial charge in [0.05, 0.1) is 13.7 Å². The van der Waals surface area contributed by atoms with Crippen LogP contribution >= 0.6 is 0 Å². The molecule has 0 amide bonds. The number of methoxy groups -OCH3 is 1. The maximum Gasteiger partial charge on any atom is 0.191 e. The molecule has 1 atom stereocenters. The van der Waals surface area contributed by atoms with Crippen LogP contribution in [-0.2, 0) is 0 Å². The Balaban J connectivity index is 1.47. The van der Waals surface area contributed by atoms with E-state index >= 15 is 0 Å². The molecule has 1 aliphatic carbocycles. The molecule has 0 spiro atoms. The highest BCUT2D eigenvalue weighted by Gasteiger charge is 2.26. The smallest absolute Gasteiger partial charge is 0.191 e. The third-order valence-corrected chi connectivity index (χ3v) is 6.21. The van der Waals surface area contributed by atoms with E-state index in [9.17, 15) is 0 Å². The normalized spacial score (nSPS) is 20.6. The zero-order chi connectivity index (χ0) is 21.2. The molecular weight excluding hydrogens is 376 g/mol. The van der Waals surface area contributed by atoms with E-state index < -0.39 is 0 Å². The van der Waals surface area contributed by atoms with Gasteiger partial charge < -0.3 is 25.0 Å². The molecule has 1 aliphatic heterocycles. The van der Waals surface area contributed by atoms with Crippen LogP contribution in [0.15, 0.2) is 29.3 Å². The Kier molecular flexibility index (Phi) is 9.12. The standard InChI is InChI=1S/C24H40N4O2/c1-4-25-24(26-18-19(2)30-23-13-9-8-12-22(23)29-3)27-20-14-16-28(17-15-20)21-10-6-5-7-11-21/h8-9,12-13,19-21H,4-7,10-11,14-18H2,1-3H3,(H2,25,26,27). The molecule has 1 heterocycles. The number of aliphatic imine (C=N–C) groups is 1. The lowest BCUT2D eigenvalue weighted by Crippen LogP contribution is -2.51. The predicted octanol–water partition coefficient (Wildman–Crippen LogP) is 3.81. The van der Waals surface area contributed by atoms with Crippen molar-refractivity contribution in [3.05, 3.63) is 24.3 Å². The van der Waals surface area contributed by atoms with Crippen molar-refractivity contribution < 1.29 is 9.47 Å². The van der Waals surface area contributed by atoms with Crippen molar-refractivity contribution in [1.29, 1.82) is 0 Å². The number of guanidine groups is 1. The zero-order valence-electron chi connectivity index (χ0n) is 19.0. The SMILES string of the molecule is CCNC(=NCC(C)Oc1ccccc1OC)NC1CCN(C2CCCCC2)CC1. The quantitative estimate of drug-likeness (QED) is 0.498. The van der Waals surface area contributed by atoms with Gasteiger partial charge in [-0.1, -0.05) is 31.4 Å². The first-order valence-corrected chi connectivity index (χ1v) is 11.8. The third kappa shape index (κ3) is 6.79. The van der Waals surface area contributed by atoms with Crippen molar-refractivity contribution in [3.8, 4) is 11.5 Å². The van der Waals surface area contributed by atoms with Crippen LogP contribution in [0, 0.1) is 0 Å². The molecule has 6 heteroatoms. The highest BCUT2D eigenvalue weighted by atomic mass is 16.5. The van der Waals surface area contributed by atoms with Gasteiger partial charge in [0.2, 0.25) is 0 Å². The van der Waals surface area contributed by atoms with E-state index in [1.54, 1.807) is 7.11 Å². The summed E-state index contributed by atoms with van der Waals surface area (Å²) >= 11 is 0. The number of benzene rings is 1. The minimum absolute atomic E-state index is 0.0371. The maximum atomic E-state index is 6.04. The molecule has 2 aliphatic rings. The van der Waals surface area contributed by atoms with Gasteiger partial charge in [0.15, 0.2) is 17.5 Å². The third-order valence-electron chi connectivity index (χ3n) is 6.21. The molecule has 0 aromatic heterocycles. The molecular formula is C24H40N4O2. The van der Waals surface area contributed by atoms with Crippen molar-refractivity contribution >= 4 is 5.96 Å². The monoisotopic (exact) mass is 416 g/mol. The lowest BCUT2D eigenvalue weighted by atomic mass is 9.92. The number of piperidine rings is 1. The topological polar surface area (TPSA) is 58.1 Å². The van der Waals surface area contributed by atoms with E-state index in [0.717, 1.165) is 30.0 Å². The summed E-state index contributed by atoms with van der Waals surface area (Å²) in [7, 11) is 1.66. The van der Waals surface area contributed by atoms with Crippen LogP contribution in [0.2, 0.25) is 0 Å². The number of para-hydroxylation sites is 2. The minimum atomic E-state index is -0.0371. The number of hydrogen-bond donors (Lipinski definition) is 2. The lowest BCUT2D eigenvalue weighted by Gasteiger charge is -2.39. The van der Waals surface area contributed by atoms with Gasteiger partial charge in [0.1, 0.15) is 6.10 Å². The fraction of sp³-hybridized carbons (Fsp3) is 0.708. The number of rotatable bonds is 8. The van der Waals surface area contributed by atoms with E-state index in [1.165, 1.54) is 58.0 Å². The van der Waals surface area contributed by atoms with Crippen LogP contribution < -0.4 is 20.1 Å². The van der Waals surface area contributed by atoms with Gasteiger partial charge in [-0.25, -0.2) is 4.99 Å². The molecule has 1 saturated carbocycles. The molecule has 168 valence electrons. The average molecular weight is 417 g/mol. The van der Waals surface area contributed by atoms with Crippen molar-refractivity contribution in [1.82, 2.24) is 15.5 Å². The molecule has 3 rings (SSSR count). The first-order valence-electron chi connectivity index (χ1n) is 11.8. The van der Waals surface area contributed by atoms with Crippen LogP contribution in [-0.4, -0.2) is 62.3 Å². The summed E-state index contributed by atoms with van der Waals surface area (Å²) in [6.45, 7) is 8.01. The van der Waals surface area contributed by atoms with Crippen molar-refractivity contribution in [2.45, 2.75) is 77.0 Å². The molecule has 1 saturated heterocycles. The molecule has 30 heavy (non-hydrogen) atoms. The molecule has 1 aromatic carbocycles. The Morgan fingerprint density at radius 1 is 1.10 bits per heavy atom. The number of nitrogens with zero attached hydrogens (tertiary/aromatic N) is 2. The van der Waals surface area contributed by atoms with Crippen molar-refractivity contribution in [3.63, 3.8) is 0 Å². The Morgan fingerprint density at radius 3 is 2.47 bits per heavy atom. The Labute approximate surface area is 182 Å². The largest absolute Gasteiger partial charge is 0.493 e. The van der Waals surface area contributed by atoms with Gasteiger partial charge in [-0.15, -0.1) is 0 Å². The summed E-state index contributed by atoms with van der Waals surface area (Å²) in [4.78, 5) is 7.51. The molecule has 0 radical (unpaired) electrons. The van der Waals surface area contributed by atoms with Crippen LogP contribution in [0.1, 0.15) is 58.8 Å². The molecule has 1 aromatic rings. The maximum absolute atomic E-state index is 6.04. The van der Waals surface area contributed by atoms with E-state index in [4.69, 9.17) is 14.5 Å². The van der Waals surface area contributed by atoms with Gasteiger partial charge in [0, 0.05) is 31.7 Å². The predicted molar refractivity (Wildman–Crippen MR) is 124 cm³/mol. The van der Waals surface area contributed by atoms with Gasteiger partial charge in [-0.3, -0.25) is 0 Å². The average Bonchev–Trinajstić information content (AvgIpc) is 2.79. The highest BCUT2D eigenvalue weighted by molar-refractivity contribution is 5.80. The Hall–Kier alpha value is -1.95. The van der Waals surface area contributed by atoms with Crippen LogP contribution in [0.4, 0.5) is 0 Å². The van der Waals surface area contributed by atoms with Gasteiger partial charge in [-0.05, 0) is 51.7 Å². The van der Waals surface area contributed by atoms with Gasteiger partial charge >= 0.3 is 0 Å². The number of likely N-dealkylation sites (tertiary alicyclic amines) is 1. The summed E-state index contributed by atoms with van der Waals surface area (Å²) < 4.78 is 11.4. The minimum Gasteiger partial charge on any atom is -0.493 e. The van der Waals surface area contributed by atoms with E-state index in [1.807, 2.05) is 31.2 Å². The van der Waals surface area contributed by atoms with E-state index in [2.05, 4.69) is 22.5 Å². The molecule has 6 nitrogen and oxygen atoms in total. The van der Waals surface area contributed by atoms with E-state index in [0.29, 0.717) is 12.6 Å². The van der Waals surface area contributed by atoms with Crippen molar-refractivity contribution in [2.75, 3.05) is 33.3 Å². The lowest BCUT2D eigenvalue weighted by molar-refractivity contribution is 0.119. The first-order chi connectivity index (χ1) is 14.7. The summed E-state index contributed by atoms with van der Waals surface area (Å²) in [6, 6.07) is 9.07. The van der Waals surface area contributed by atoms with Crippen LogP contribution in [0.5, 0.6) is 11.5 Å². The molecule has 0 bridgehead atoms. The Morgan fingerprint density at radius 2 is 1.80 bits per heavy atom. The summed E-state index contributed by atoms with van der Waals surface area (Å²) in [5.74, 6) is 2.41. The van der Waals surface area contributed by atoms with Crippen LogP contribution in [0.3, 0.4) is 0 Å². The van der Waals surface area contributed by atoms with Gasteiger partial charge in [-0.2, -0.15) is 0 Å². The first kappa shape index (κ1) is 22.7. The number of ether oxygens (including phenoxy) is 2. The molecule has 2 fully saturated rings. The Bertz CT molecular complexity index is 652. The number of hydrogen-bond acceptors (Lipinski definition) is 4. The number of nitrogens with one attached hydrogen (secondary N) is 2.